The van der Waals surface area contributed by atoms with E-state index in [1.165, 1.54) is 32.4 Å². The number of quaternary nitrogens is 1. The van der Waals surface area contributed by atoms with Crippen molar-refractivity contribution in [1.29, 1.82) is 0 Å². The molecule has 22 heavy (non-hydrogen) atoms. The summed E-state index contributed by atoms with van der Waals surface area (Å²) < 4.78 is 0. The second-order valence-electron chi connectivity index (χ2n) is 8.46. The Morgan fingerprint density at radius 1 is 1.14 bits per heavy atom. The number of carbonyl (C=O) groups excluding carboxylic acids is 2. The number of Topliss-reactive ketones (excluding diaryl/α,β-unsaturated/α-hetero) is 1. The summed E-state index contributed by atoms with van der Waals surface area (Å²) in [5, 5.41) is 3.17. The van der Waals surface area contributed by atoms with Crippen LogP contribution >= 0.6 is 0 Å². The molecule has 4 nitrogen and oxygen atoms in total. The third kappa shape index (κ3) is 2.06. The maximum Gasteiger partial charge on any atom is 0.227 e. The van der Waals surface area contributed by atoms with E-state index in [2.05, 4.69) is 26.1 Å². The van der Waals surface area contributed by atoms with Crippen LogP contribution in [0.1, 0.15) is 59.3 Å². The van der Waals surface area contributed by atoms with Gasteiger partial charge in [0, 0.05) is 11.8 Å². The lowest BCUT2D eigenvalue weighted by molar-refractivity contribution is -0.903. The summed E-state index contributed by atoms with van der Waals surface area (Å²) >= 11 is 0. The van der Waals surface area contributed by atoms with Gasteiger partial charge in [0.15, 0.2) is 0 Å². The highest BCUT2D eigenvalue weighted by Gasteiger charge is 2.72. The molecule has 2 saturated carbocycles. The van der Waals surface area contributed by atoms with Crippen LogP contribution in [0, 0.1) is 16.2 Å². The van der Waals surface area contributed by atoms with Gasteiger partial charge < -0.3 is 10.2 Å². The largest absolute Gasteiger partial charge is 0.350 e. The lowest BCUT2D eigenvalue weighted by atomic mass is 9.64. The molecule has 2 atom stereocenters. The highest BCUT2D eigenvalue weighted by molar-refractivity contribution is 5.99. The van der Waals surface area contributed by atoms with Gasteiger partial charge in [0.1, 0.15) is 5.78 Å². The molecule has 2 bridgehead atoms. The first kappa shape index (κ1) is 16.0. The number of rotatable bonds is 4. The van der Waals surface area contributed by atoms with Crippen LogP contribution in [-0.2, 0) is 9.59 Å². The second-order valence-corrected chi connectivity index (χ2v) is 8.46. The molecule has 1 heterocycles. The van der Waals surface area contributed by atoms with Gasteiger partial charge >= 0.3 is 0 Å². The molecule has 0 aromatic heterocycles. The quantitative estimate of drug-likeness (QED) is 0.813. The van der Waals surface area contributed by atoms with Gasteiger partial charge in [-0.25, -0.2) is 0 Å². The van der Waals surface area contributed by atoms with Crippen molar-refractivity contribution in [2.75, 3.05) is 26.2 Å². The second kappa shape index (κ2) is 5.33. The van der Waals surface area contributed by atoms with Crippen molar-refractivity contribution in [3.8, 4) is 0 Å². The molecule has 3 aliphatic rings. The zero-order valence-corrected chi connectivity index (χ0v) is 14.4. The maximum atomic E-state index is 12.9. The standard InChI is InChI=1S/C18H30N2O2/c1-16(2)17(3)7-8-18(16,13-14(17)21)15(22)19-9-12-20-10-5-4-6-11-20/h4-13H2,1-3H3,(H,19,22)/p+1/t17-,18-/m0/s1. The summed E-state index contributed by atoms with van der Waals surface area (Å²) in [5.74, 6) is 0.420. The summed E-state index contributed by atoms with van der Waals surface area (Å²) in [4.78, 5) is 26.9. The zero-order chi connectivity index (χ0) is 16.0. The molecule has 3 rings (SSSR count). The van der Waals surface area contributed by atoms with Crippen LogP contribution in [-0.4, -0.2) is 37.9 Å². The molecule has 0 radical (unpaired) electrons. The average Bonchev–Trinajstić information content (AvgIpc) is 2.78. The van der Waals surface area contributed by atoms with Crippen molar-refractivity contribution in [3.63, 3.8) is 0 Å². The minimum absolute atomic E-state index is 0.128. The van der Waals surface area contributed by atoms with Crippen LogP contribution in [0.25, 0.3) is 0 Å². The summed E-state index contributed by atoms with van der Waals surface area (Å²) in [6.07, 6.45) is 6.15. The first-order chi connectivity index (χ1) is 10.3. The number of piperidine rings is 1. The number of hydrogen-bond acceptors (Lipinski definition) is 2. The highest BCUT2D eigenvalue weighted by Crippen LogP contribution is 2.70. The Morgan fingerprint density at radius 2 is 1.82 bits per heavy atom. The Balaban J connectivity index is 1.61. The van der Waals surface area contributed by atoms with Gasteiger partial charge in [-0.2, -0.15) is 0 Å². The third-order valence-corrected chi connectivity index (χ3v) is 7.46. The van der Waals surface area contributed by atoms with Crippen molar-refractivity contribution in [1.82, 2.24) is 5.32 Å². The molecule has 0 aromatic carbocycles. The molecular weight excluding hydrogens is 276 g/mol. The van der Waals surface area contributed by atoms with Crippen LogP contribution in [0.3, 0.4) is 0 Å². The lowest BCUT2D eigenvalue weighted by Gasteiger charge is -2.38. The van der Waals surface area contributed by atoms with Gasteiger partial charge in [-0.15, -0.1) is 0 Å². The Bertz CT molecular complexity index is 481. The van der Waals surface area contributed by atoms with Crippen LogP contribution in [0.15, 0.2) is 0 Å². The Labute approximate surface area is 134 Å². The summed E-state index contributed by atoms with van der Waals surface area (Å²) in [7, 11) is 0. The molecule has 1 aliphatic heterocycles. The van der Waals surface area contributed by atoms with Crippen LogP contribution < -0.4 is 10.2 Å². The predicted octanol–water partition coefficient (Wildman–Crippen LogP) is 0.957. The van der Waals surface area contributed by atoms with E-state index in [1.807, 2.05) is 0 Å². The first-order valence-corrected chi connectivity index (χ1v) is 8.99. The van der Waals surface area contributed by atoms with Crippen molar-refractivity contribution in [2.24, 2.45) is 16.2 Å². The summed E-state index contributed by atoms with van der Waals surface area (Å²) in [6, 6.07) is 0. The van der Waals surface area contributed by atoms with E-state index in [0.29, 0.717) is 12.2 Å². The number of ketones is 1. The fourth-order valence-corrected chi connectivity index (χ4v) is 5.18. The average molecular weight is 307 g/mol. The van der Waals surface area contributed by atoms with E-state index < -0.39 is 5.41 Å². The molecular formula is C18H31N2O2+. The van der Waals surface area contributed by atoms with Gasteiger partial charge in [0.05, 0.1) is 31.6 Å². The number of amides is 1. The van der Waals surface area contributed by atoms with Crippen LogP contribution in [0.2, 0.25) is 0 Å². The van der Waals surface area contributed by atoms with Gasteiger partial charge in [-0.05, 0) is 37.5 Å². The molecule has 124 valence electrons. The SMILES string of the molecule is CC1(C)[C@@]2(C(=O)NCC[NH+]3CCCCC3)CC[C@@]1(C)C(=O)C2. The van der Waals surface area contributed by atoms with E-state index >= 15 is 0 Å². The van der Waals surface area contributed by atoms with Crippen molar-refractivity contribution >= 4 is 11.7 Å². The highest BCUT2D eigenvalue weighted by atomic mass is 16.2. The minimum Gasteiger partial charge on any atom is -0.350 e. The van der Waals surface area contributed by atoms with E-state index in [-0.39, 0.29) is 16.7 Å². The maximum absolute atomic E-state index is 12.9. The molecule has 0 aromatic rings. The van der Waals surface area contributed by atoms with Crippen molar-refractivity contribution < 1.29 is 14.5 Å². The molecule has 2 N–H and O–H groups in total. The molecule has 1 saturated heterocycles. The Morgan fingerprint density at radius 3 is 2.36 bits per heavy atom. The number of fused-ring (bicyclic) bond motifs is 2. The van der Waals surface area contributed by atoms with Crippen LogP contribution in [0.5, 0.6) is 0 Å². The van der Waals surface area contributed by atoms with Gasteiger partial charge in [0.2, 0.25) is 5.91 Å². The van der Waals surface area contributed by atoms with Gasteiger partial charge in [-0.1, -0.05) is 20.8 Å². The van der Waals surface area contributed by atoms with E-state index in [4.69, 9.17) is 0 Å². The zero-order valence-electron chi connectivity index (χ0n) is 14.4. The molecule has 4 heteroatoms. The minimum atomic E-state index is -0.462. The molecule has 1 amide bonds. The Hall–Kier alpha value is -0.900. The van der Waals surface area contributed by atoms with Crippen molar-refractivity contribution in [3.05, 3.63) is 0 Å². The molecule has 0 spiro atoms. The molecule has 3 fully saturated rings. The number of nitrogens with one attached hydrogen (secondary N) is 2. The number of hydrogen-bond donors (Lipinski definition) is 2. The first-order valence-electron chi connectivity index (χ1n) is 8.99. The van der Waals surface area contributed by atoms with Gasteiger partial charge in [-0.3, -0.25) is 9.59 Å². The fraction of sp³-hybridized carbons (Fsp3) is 0.889. The number of likely N-dealkylation sites (tertiary alicyclic amines) is 1. The summed E-state index contributed by atoms with van der Waals surface area (Å²) in [6.45, 7) is 10.6. The fourth-order valence-electron chi connectivity index (χ4n) is 5.18. The molecule has 0 unspecified atom stereocenters. The Kier molecular flexibility index (Phi) is 3.87. The predicted molar refractivity (Wildman–Crippen MR) is 85.6 cm³/mol. The smallest absolute Gasteiger partial charge is 0.227 e. The van der Waals surface area contributed by atoms with Crippen molar-refractivity contribution in [2.45, 2.75) is 59.3 Å². The number of carbonyl (C=O) groups is 2. The van der Waals surface area contributed by atoms with Gasteiger partial charge in [0.25, 0.3) is 0 Å². The normalized spacial score (nSPS) is 37.5. The lowest BCUT2D eigenvalue weighted by Crippen LogP contribution is -3.13. The summed E-state index contributed by atoms with van der Waals surface area (Å²) in [5.41, 5.74) is -0.988. The third-order valence-electron chi connectivity index (χ3n) is 7.46. The van der Waals surface area contributed by atoms with E-state index in [9.17, 15) is 9.59 Å². The van der Waals surface area contributed by atoms with Crippen LogP contribution in [0.4, 0.5) is 0 Å². The van der Waals surface area contributed by atoms with E-state index in [1.54, 1.807) is 4.90 Å². The topological polar surface area (TPSA) is 50.6 Å². The monoisotopic (exact) mass is 307 g/mol. The molecule has 2 aliphatic carbocycles. The van der Waals surface area contributed by atoms with E-state index in [0.717, 1.165) is 25.9 Å².